The van der Waals surface area contributed by atoms with Gasteiger partial charge >= 0.3 is 0 Å². The molecule has 1 aliphatic heterocycles. The molecule has 1 spiro atoms. The summed E-state index contributed by atoms with van der Waals surface area (Å²) in [6.45, 7) is 5.39. The van der Waals surface area contributed by atoms with E-state index in [9.17, 15) is 8.78 Å². The topological polar surface area (TPSA) is 76.5 Å². The van der Waals surface area contributed by atoms with Crippen LogP contribution in [0.2, 0.25) is 0 Å². The van der Waals surface area contributed by atoms with Gasteiger partial charge in [0.1, 0.15) is 18.2 Å². The third-order valence-electron chi connectivity index (χ3n) is 6.69. The van der Waals surface area contributed by atoms with Gasteiger partial charge < -0.3 is 19.9 Å². The summed E-state index contributed by atoms with van der Waals surface area (Å²) in [4.78, 5) is 9.16. The van der Waals surface area contributed by atoms with E-state index in [1.807, 2.05) is 26.0 Å². The van der Waals surface area contributed by atoms with Crippen LogP contribution in [0.1, 0.15) is 48.3 Å². The Kier molecular flexibility index (Phi) is 5.16. The predicted molar refractivity (Wildman–Crippen MR) is 121 cm³/mol. The van der Waals surface area contributed by atoms with Gasteiger partial charge in [-0.15, -0.1) is 0 Å². The standard InChI is InChI=1S/C25H27F2N3O3/c1-14-17(5-4-6-19(14)25(26,27)11-31)15(2)28-23-18-9-21-22(10-20(18)29-16(3)30-23)33-13-24(7-8-24)12-32-21/h4-6,9-10,15,31H,7-8,11-13H2,1-3H3,(H,28,29,30). The van der Waals surface area contributed by atoms with Crippen LogP contribution >= 0.6 is 0 Å². The van der Waals surface area contributed by atoms with Crippen LogP contribution in [0.4, 0.5) is 14.6 Å². The van der Waals surface area contributed by atoms with Crippen LogP contribution in [-0.2, 0) is 5.92 Å². The van der Waals surface area contributed by atoms with Crippen LogP contribution in [0.3, 0.4) is 0 Å². The highest BCUT2D eigenvalue weighted by Gasteiger charge is 2.46. The van der Waals surface area contributed by atoms with Gasteiger partial charge in [0.25, 0.3) is 5.92 Å². The first-order valence-electron chi connectivity index (χ1n) is 11.1. The van der Waals surface area contributed by atoms with Gasteiger partial charge in [-0.05, 0) is 50.8 Å². The molecule has 1 fully saturated rings. The monoisotopic (exact) mass is 455 g/mol. The summed E-state index contributed by atoms with van der Waals surface area (Å²) in [7, 11) is 0. The molecule has 33 heavy (non-hydrogen) atoms. The zero-order valence-corrected chi connectivity index (χ0v) is 18.9. The van der Waals surface area contributed by atoms with Crippen LogP contribution in [0, 0.1) is 19.3 Å². The normalized spacial score (nSPS) is 17.6. The summed E-state index contributed by atoms with van der Waals surface area (Å²) >= 11 is 0. The van der Waals surface area contributed by atoms with E-state index in [2.05, 4.69) is 15.3 Å². The van der Waals surface area contributed by atoms with Crippen molar-refractivity contribution in [3.8, 4) is 11.5 Å². The van der Waals surface area contributed by atoms with Crippen molar-refractivity contribution in [2.75, 3.05) is 25.1 Å². The average molecular weight is 456 g/mol. The van der Waals surface area contributed by atoms with Crippen molar-refractivity contribution in [2.24, 2.45) is 5.41 Å². The van der Waals surface area contributed by atoms with E-state index < -0.39 is 12.5 Å². The lowest BCUT2D eigenvalue weighted by Crippen LogP contribution is -2.21. The summed E-state index contributed by atoms with van der Waals surface area (Å²) in [6.07, 6.45) is 2.22. The molecule has 3 aromatic rings. The molecule has 1 aromatic heterocycles. The minimum absolute atomic E-state index is 0.127. The maximum atomic E-state index is 14.2. The average Bonchev–Trinajstić information content (AvgIpc) is 3.58. The van der Waals surface area contributed by atoms with E-state index in [0.29, 0.717) is 47.5 Å². The van der Waals surface area contributed by atoms with Gasteiger partial charge in [-0.2, -0.15) is 8.78 Å². The second kappa shape index (κ2) is 7.80. The summed E-state index contributed by atoms with van der Waals surface area (Å²) in [5.41, 5.74) is 1.82. The van der Waals surface area contributed by atoms with Crippen molar-refractivity contribution in [2.45, 2.75) is 45.6 Å². The highest BCUT2D eigenvalue weighted by Crippen LogP contribution is 2.49. The molecule has 0 saturated heterocycles. The molecule has 1 aliphatic carbocycles. The molecular formula is C25H27F2N3O3. The Hall–Kier alpha value is -3.00. The summed E-state index contributed by atoms with van der Waals surface area (Å²) in [6, 6.07) is 8.20. The van der Waals surface area contributed by atoms with Crippen molar-refractivity contribution in [1.29, 1.82) is 0 Å². The summed E-state index contributed by atoms with van der Waals surface area (Å²) < 4.78 is 40.5. The lowest BCUT2D eigenvalue weighted by atomic mass is 9.94. The number of rotatable bonds is 5. The first-order valence-corrected chi connectivity index (χ1v) is 11.1. The van der Waals surface area contributed by atoms with E-state index in [1.165, 1.54) is 6.07 Å². The number of nitrogens with zero attached hydrogens (tertiary/aromatic N) is 2. The molecule has 2 aliphatic rings. The Labute approximate surface area is 191 Å². The number of hydrogen-bond acceptors (Lipinski definition) is 6. The SMILES string of the molecule is Cc1nc(NC(C)c2cccc(C(F)(F)CO)c2C)c2cc3c(cc2n1)OCC1(CC1)CO3. The molecular weight excluding hydrogens is 428 g/mol. The molecule has 0 radical (unpaired) electrons. The van der Waals surface area contributed by atoms with E-state index in [-0.39, 0.29) is 17.0 Å². The highest BCUT2D eigenvalue weighted by molar-refractivity contribution is 5.92. The number of fused-ring (bicyclic) bond motifs is 2. The zero-order valence-electron chi connectivity index (χ0n) is 18.9. The Morgan fingerprint density at radius 2 is 1.82 bits per heavy atom. The quantitative estimate of drug-likeness (QED) is 0.560. The van der Waals surface area contributed by atoms with Crippen molar-refractivity contribution >= 4 is 16.7 Å². The third kappa shape index (κ3) is 3.97. The fourth-order valence-electron chi connectivity index (χ4n) is 4.44. The molecule has 0 amide bonds. The number of hydrogen-bond donors (Lipinski definition) is 2. The molecule has 6 nitrogen and oxygen atoms in total. The Morgan fingerprint density at radius 1 is 1.12 bits per heavy atom. The molecule has 8 heteroatoms. The van der Waals surface area contributed by atoms with Crippen LogP contribution in [0.15, 0.2) is 30.3 Å². The van der Waals surface area contributed by atoms with Gasteiger partial charge in [0.15, 0.2) is 11.5 Å². The van der Waals surface area contributed by atoms with E-state index in [4.69, 9.17) is 14.6 Å². The van der Waals surface area contributed by atoms with Crippen LogP contribution < -0.4 is 14.8 Å². The smallest absolute Gasteiger partial charge is 0.296 e. The fourth-order valence-corrected chi connectivity index (χ4v) is 4.44. The number of halogens is 2. The van der Waals surface area contributed by atoms with Crippen molar-refractivity contribution in [3.05, 3.63) is 52.8 Å². The number of aliphatic hydroxyl groups excluding tert-OH is 1. The third-order valence-corrected chi connectivity index (χ3v) is 6.69. The number of ether oxygens (including phenoxy) is 2. The number of anilines is 1. The molecule has 174 valence electrons. The van der Waals surface area contributed by atoms with Gasteiger partial charge in [-0.25, -0.2) is 9.97 Å². The lowest BCUT2D eigenvalue weighted by molar-refractivity contribution is -0.0561. The number of aromatic nitrogens is 2. The summed E-state index contributed by atoms with van der Waals surface area (Å²) in [5.74, 6) is -0.775. The minimum atomic E-state index is -3.30. The molecule has 2 N–H and O–H groups in total. The van der Waals surface area contributed by atoms with Crippen LogP contribution in [0.5, 0.6) is 11.5 Å². The van der Waals surface area contributed by atoms with E-state index in [0.717, 1.165) is 23.7 Å². The second-order valence-corrected chi connectivity index (χ2v) is 9.26. The molecule has 1 saturated carbocycles. The number of aliphatic hydroxyl groups is 1. The Morgan fingerprint density at radius 3 is 2.48 bits per heavy atom. The highest BCUT2D eigenvalue weighted by atomic mass is 19.3. The minimum Gasteiger partial charge on any atom is -0.489 e. The molecule has 1 atom stereocenters. The number of aryl methyl sites for hydroxylation is 1. The first-order chi connectivity index (χ1) is 15.7. The lowest BCUT2D eigenvalue weighted by Gasteiger charge is -2.23. The van der Waals surface area contributed by atoms with Gasteiger partial charge in [0, 0.05) is 22.4 Å². The van der Waals surface area contributed by atoms with Crippen LogP contribution in [0.25, 0.3) is 10.9 Å². The van der Waals surface area contributed by atoms with Gasteiger partial charge in [0.05, 0.1) is 24.8 Å². The molecule has 2 heterocycles. The van der Waals surface area contributed by atoms with E-state index in [1.54, 1.807) is 19.1 Å². The second-order valence-electron chi connectivity index (χ2n) is 9.26. The maximum absolute atomic E-state index is 14.2. The zero-order chi connectivity index (χ0) is 23.4. The molecule has 0 bridgehead atoms. The first kappa shape index (κ1) is 21.8. The van der Waals surface area contributed by atoms with Gasteiger partial charge in [-0.1, -0.05) is 18.2 Å². The van der Waals surface area contributed by atoms with Gasteiger partial charge in [0.2, 0.25) is 0 Å². The molecule has 1 unspecified atom stereocenters. The summed E-state index contributed by atoms with van der Waals surface area (Å²) in [5, 5.41) is 13.3. The van der Waals surface area contributed by atoms with E-state index >= 15 is 0 Å². The van der Waals surface area contributed by atoms with Crippen molar-refractivity contribution < 1.29 is 23.4 Å². The Balaban J connectivity index is 1.50. The van der Waals surface area contributed by atoms with Crippen molar-refractivity contribution in [3.63, 3.8) is 0 Å². The fraction of sp³-hybridized carbons (Fsp3) is 0.440. The maximum Gasteiger partial charge on any atom is 0.296 e. The molecule has 2 aromatic carbocycles. The molecule has 5 rings (SSSR count). The van der Waals surface area contributed by atoms with Gasteiger partial charge in [-0.3, -0.25) is 0 Å². The number of nitrogens with one attached hydrogen (secondary N) is 1. The van der Waals surface area contributed by atoms with Crippen molar-refractivity contribution in [1.82, 2.24) is 9.97 Å². The number of alkyl halides is 2. The largest absolute Gasteiger partial charge is 0.489 e. The predicted octanol–water partition coefficient (Wildman–Crippen LogP) is 5.06. The number of benzene rings is 2. The van der Waals surface area contributed by atoms with Crippen LogP contribution in [-0.4, -0.2) is 34.9 Å². The Bertz CT molecular complexity index is 1230.